The molecular formula is C12H18Cl2N2O2. The van der Waals surface area contributed by atoms with E-state index in [-0.39, 0.29) is 30.8 Å². The Labute approximate surface area is 118 Å². The van der Waals surface area contributed by atoms with Crippen LogP contribution in [0.1, 0.15) is 20.3 Å². The lowest BCUT2D eigenvalue weighted by atomic mass is 10.2. The second-order valence-corrected chi connectivity index (χ2v) is 4.21. The van der Waals surface area contributed by atoms with Crippen molar-refractivity contribution in [2.24, 2.45) is 5.73 Å². The summed E-state index contributed by atoms with van der Waals surface area (Å²) in [7, 11) is 0. The van der Waals surface area contributed by atoms with Crippen molar-refractivity contribution >= 4 is 35.6 Å². The summed E-state index contributed by atoms with van der Waals surface area (Å²) in [6.45, 7) is 4.22. The molecule has 1 aromatic carbocycles. The van der Waals surface area contributed by atoms with Crippen molar-refractivity contribution in [3.8, 4) is 5.75 Å². The van der Waals surface area contributed by atoms with E-state index in [1.807, 2.05) is 6.92 Å². The van der Waals surface area contributed by atoms with Gasteiger partial charge >= 0.3 is 0 Å². The molecule has 1 unspecified atom stereocenters. The fourth-order valence-corrected chi connectivity index (χ4v) is 1.59. The quantitative estimate of drug-likeness (QED) is 0.877. The summed E-state index contributed by atoms with van der Waals surface area (Å²) >= 11 is 6.00. The highest BCUT2D eigenvalue weighted by atomic mass is 35.5. The first-order valence-electron chi connectivity index (χ1n) is 5.50. The highest BCUT2D eigenvalue weighted by Crippen LogP contribution is 2.27. The number of carbonyl (C=O) groups is 1. The van der Waals surface area contributed by atoms with E-state index >= 15 is 0 Å². The van der Waals surface area contributed by atoms with Crippen molar-refractivity contribution < 1.29 is 9.53 Å². The fourth-order valence-electron chi connectivity index (χ4n) is 1.36. The number of ether oxygens (including phenoxy) is 1. The molecule has 0 aromatic heterocycles. The fraction of sp³-hybridized carbons (Fsp3) is 0.417. The number of nitrogens with one attached hydrogen (secondary N) is 1. The third-order valence-electron chi connectivity index (χ3n) is 2.02. The van der Waals surface area contributed by atoms with E-state index in [1.165, 1.54) is 0 Å². The van der Waals surface area contributed by atoms with Gasteiger partial charge in [-0.3, -0.25) is 4.79 Å². The van der Waals surface area contributed by atoms with Crippen LogP contribution in [0.3, 0.4) is 0 Å². The zero-order valence-corrected chi connectivity index (χ0v) is 12.0. The molecule has 0 spiro atoms. The minimum absolute atomic E-state index is 0. The van der Waals surface area contributed by atoms with Crippen LogP contribution in [0.25, 0.3) is 0 Å². The normalized spacial score (nSPS) is 11.3. The number of rotatable bonds is 5. The van der Waals surface area contributed by atoms with Gasteiger partial charge in [-0.1, -0.05) is 11.6 Å². The number of hydrogen-bond acceptors (Lipinski definition) is 3. The molecule has 0 heterocycles. The van der Waals surface area contributed by atoms with Crippen molar-refractivity contribution in [1.29, 1.82) is 0 Å². The molecule has 0 bridgehead atoms. The average molecular weight is 293 g/mol. The van der Waals surface area contributed by atoms with E-state index in [0.29, 0.717) is 23.1 Å². The molecular weight excluding hydrogens is 275 g/mol. The van der Waals surface area contributed by atoms with Gasteiger partial charge in [0.15, 0.2) is 0 Å². The molecule has 0 aliphatic carbocycles. The molecule has 18 heavy (non-hydrogen) atoms. The van der Waals surface area contributed by atoms with Gasteiger partial charge in [-0.05, 0) is 32.0 Å². The number of carbonyl (C=O) groups excluding carboxylic acids is 1. The van der Waals surface area contributed by atoms with Gasteiger partial charge in [0.05, 0.1) is 11.6 Å². The molecule has 0 fully saturated rings. The first kappa shape index (κ1) is 17.0. The molecule has 6 heteroatoms. The summed E-state index contributed by atoms with van der Waals surface area (Å²) < 4.78 is 5.30. The molecule has 0 saturated carbocycles. The number of hydrogen-bond donors (Lipinski definition) is 2. The predicted molar refractivity (Wildman–Crippen MR) is 76.8 cm³/mol. The lowest BCUT2D eigenvalue weighted by Crippen LogP contribution is -2.23. The van der Waals surface area contributed by atoms with Crippen LogP contribution in [0.15, 0.2) is 18.2 Å². The smallest absolute Gasteiger partial charge is 0.225 e. The number of benzene rings is 1. The highest BCUT2D eigenvalue weighted by molar-refractivity contribution is 6.32. The molecule has 1 atom stereocenters. The molecule has 0 radical (unpaired) electrons. The summed E-state index contributed by atoms with van der Waals surface area (Å²) in [5.41, 5.74) is 6.18. The van der Waals surface area contributed by atoms with Crippen LogP contribution in [0, 0.1) is 0 Å². The van der Waals surface area contributed by atoms with Gasteiger partial charge in [0.2, 0.25) is 5.91 Å². The van der Waals surface area contributed by atoms with Crippen LogP contribution >= 0.6 is 24.0 Å². The van der Waals surface area contributed by atoms with Crippen molar-refractivity contribution in [2.75, 3.05) is 11.9 Å². The highest BCUT2D eigenvalue weighted by Gasteiger charge is 2.07. The van der Waals surface area contributed by atoms with Crippen molar-refractivity contribution in [3.05, 3.63) is 23.2 Å². The van der Waals surface area contributed by atoms with Crippen LogP contribution in [-0.2, 0) is 4.79 Å². The molecule has 102 valence electrons. The molecule has 1 aromatic rings. The zero-order chi connectivity index (χ0) is 12.8. The molecule has 0 aliphatic heterocycles. The second-order valence-electron chi connectivity index (χ2n) is 3.81. The number of anilines is 1. The first-order chi connectivity index (χ1) is 8.02. The Kier molecular flexibility index (Phi) is 7.75. The van der Waals surface area contributed by atoms with Crippen LogP contribution in [0.2, 0.25) is 5.02 Å². The average Bonchev–Trinajstić information content (AvgIpc) is 2.21. The van der Waals surface area contributed by atoms with Gasteiger partial charge < -0.3 is 15.8 Å². The molecule has 1 amide bonds. The largest absolute Gasteiger partial charge is 0.492 e. The van der Waals surface area contributed by atoms with E-state index in [9.17, 15) is 4.79 Å². The summed E-state index contributed by atoms with van der Waals surface area (Å²) in [4.78, 5) is 11.5. The maximum Gasteiger partial charge on any atom is 0.225 e. The third-order valence-corrected chi connectivity index (χ3v) is 2.32. The summed E-state index contributed by atoms with van der Waals surface area (Å²) in [6.07, 6.45) is 0.283. The summed E-state index contributed by atoms with van der Waals surface area (Å²) in [6, 6.07) is 4.97. The number of nitrogens with two attached hydrogens (primary N) is 1. The lowest BCUT2D eigenvalue weighted by Gasteiger charge is -2.10. The van der Waals surface area contributed by atoms with E-state index in [1.54, 1.807) is 25.1 Å². The Morgan fingerprint density at radius 3 is 2.72 bits per heavy atom. The summed E-state index contributed by atoms with van der Waals surface area (Å²) in [5, 5.41) is 3.20. The maximum atomic E-state index is 11.5. The molecule has 4 nitrogen and oxygen atoms in total. The first-order valence-corrected chi connectivity index (χ1v) is 5.88. The van der Waals surface area contributed by atoms with Crippen molar-refractivity contribution in [1.82, 2.24) is 0 Å². The van der Waals surface area contributed by atoms with Crippen LogP contribution < -0.4 is 15.8 Å². The van der Waals surface area contributed by atoms with Gasteiger partial charge in [0, 0.05) is 18.2 Å². The Morgan fingerprint density at radius 1 is 1.56 bits per heavy atom. The van der Waals surface area contributed by atoms with E-state index < -0.39 is 0 Å². The Balaban J connectivity index is 0.00000289. The topological polar surface area (TPSA) is 64.3 Å². The SMILES string of the molecule is CCOc1ccc(NC(=O)CC(C)N)cc1Cl.Cl. The van der Waals surface area contributed by atoms with Gasteiger partial charge in [0.1, 0.15) is 5.75 Å². The van der Waals surface area contributed by atoms with E-state index in [2.05, 4.69) is 5.32 Å². The molecule has 0 saturated heterocycles. The Hall–Kier alpha value is -0.970. The Bertz CT molecular complexity index is 398. The van der Waals surface area contributed by atoms with Crippen LogP contribution in [-0.4, -0.2) is 18.6 Å². The number of amides is 1. The standard InChI is InChI=1S/C12H17ClN2O2.ClH/c1-3-17-11-5-4-9(7-10(11)13)15-12(16)6-8(2)14;/h4-5,7-8H,3,6,14H2,1-2H3,(H,15,16);1H. The number of halogens is 2. The van der Waals surface area contributed by atoms with Crippen molar-refractivity contribution in [2.45, 2.75) is 26.3 Å². The van der Waals surface area contributed by atoms with Gasteiger partial charge in [0.25, 0.3) is 0 Å². The molecule has 3 N–H and O–H groups in total. The monoisotopic (exact) mass is 292 g/mol. The Morgan fingerprint density at radius 2 is 2.22 bits per heavy atom. The van der Waals surface area contributed by atoms with Gasteiger partial charge in [-0.2, -0.15) is 0 Å². The summed E-state index contributed by atoms with van der Waals surface area (Å²) in [5.74, 6) is 0.486. The molecule has 0 aliphatic rings. The van der Waals surface area contributed by atoms with E-state index in [0.717, 1.165) is 0 Å². The van der Waals surface area contributed by atoms with Gasteiger partial charge in [-0.25, -0.2) is 0 Å². The maximum absolute atomic E-state index is 11.5. The molecule has 1 rings (SSSR count). The van der Waals surface area contributed by atoms with Crippen LogP contribution in [0.5, 0.6) is 5.75 Å². The van der Waals surface area contributed by atoms with Gasteiger partial charge in [-0.15, -0.1) is 12.4 Å². The predicted octanol–water partition coefficient (Wildman–Crippen LogP) is 2.84. The second kappa shape index (κ2) is 8.19. The lowest BCUT2D eigenvalue weighted by molar-refractivity contribution is -0.116. The zero-order valence-electron chi connectivity index (χ0n) is 10.4. The van der Waals surface area contributed by atoms with Crippen LogP contribution in [0.4, 0.5) is 5.69 Å². The van der Waals surface area contributed by atoms with E-state index in [4.69, 9.17) is 22.1 Å². The minimum atomic E-state index is -0.159. The van der Waals surface area contributed by atoms with Crippen molar-refractivity contribution in [3.63, 3.8) is 0 Å². The third kappa shape index (κ3) is 5.58. The minimum Gasteiger partial charge on any atom is -0.492 e.